The van der Waals surface area contributed by atoms with Gasteiger partial charge in [0, 0.05) is 32.3 Å². The fourth-order valence-corrected chi connectivity index (χ4v) is 6.37. The van der Waals surface area contributed by atoms with Crippen molar-refractivity contribution in [2.24, 2.45) is 0 Å². The summed E-state index contributed by atoms with van der Waals surface area (Å²) < 4.78 is 0. The van der Waals surface area contributed by atoms with E-state index in [1.165, 1.54) is 22.7 Å². The second kappa shape index (κ2) is 12.3. The van der Waals surface area contributed by atoms with E-state index in [1.54, 1.807) is 48.5 Å². The van der Waals surface area contributed by atoms with Crippen LogP contribution < -0.4 is 10.6 Å². The quantitative estimate of drug-likeness (QED) is 0.185. The molecule has 206 valence electrons. The molecule has 2 amide bonds. The van der Waals surface area contributed by atoms with Crippen LogP contribution in [0.25, 0.3) is 32.5 Å². The summed E-state index contributed by atoms with van der Waals surface area (Å²) in [5.41, 5.74) is 3.90. The van der Waals surface area contributed by atoms with Crippen molar-refractivity contribution in [1.29, 1.82) is 0 Å². The molecule has 6 nitrogen and oxygen atoms in total. The standard InChI is InChI=1S/C32H20Cl2N4O2S2/c33-23-15-11-21(12-16-23)27(39)37-29-25(19-7-3-1-4-8-19)35-31(41-29)32-36-26(20-9-5-2-6-10-20)30(42-32)38-28(40)22-13-17-24(34)18-14-22/h1-18H,(H,37,39)(H,38,40). The molecular formula is C32H20Cl2N4O2S2. The first-order chi connectivity index (χ1) is 20.4. The molecule has 0 atom stereocenters. The third kappa shape index (κ3) is 6.12. The molecule has 0 aliphatic carbocycles. The number of hydrogen-bond donors (Lipinski definition) is 2. The van der Waals surface area contributed by atoms with E-state index in [2.05, 4.69) is 10.6 Å². The Morgan fingerprint density at radius 2 is 0.881 bits per heavy atom. The third-order valence-electron chi connectivity index (χ3n) is 6.20. The first-order valence-corrected chi connectivity index (χ1v) is 15.1. The predicted molar refractivity (Wildman–Crippen MR) is 173 cm³/mol. The number of hydrogen-bond acceptors (Lipinski definition) is 6. The summed E-state index contributed by atoms with van der Waals surface area (Å²) in [6.45, 7) is 0. The minimum atomic E-state index is -0.279. The zero-order valence-corrected chi connectivity index (χ0v) is 24.8. The Hall–Kier alpha value is -4.34. The average Bonchev–Trinajstić information content (AvgIpc) is 3.63. The normalized spacial score (nSPS) is 10.8. The molecular weight excluding hydrogens is 607 g/mol. The molecule has 2 aromatic heterocycles. The summed E-state index contributed by atoms with van der Waals surface area (Å²) in [5.74, 6) is -0.557. The Morgan fingerprint density at radius 1 is 0.524 bits per heavy atom. The molecule has 0 radical (unpaired) electrons. The second-order valence-corrected chi connectivity index (χ2v) is 11.9. The molecule has 6 aromatic rings. The maximum absolute atomic E-state index is 13.1. The Labute approximate surface area is 259 Å². The van der Waals surface area contributed by atoms with Crippen LogP contribution in [-0.4, -0.2) is 21.8 Å². The monoisotopic (exact) mass is 626 g/mol. The number of thiazole rings is 2. The maximum atomic E-state index is 13.1. The van der Waals surface area contributed by atoms with Crippen molar-refractivity contribution < 1.29 is 9.59 Å². The molecule has 2 heterocycles. The van der Waals surface area contributed by atoms with Gasteiger partial charge in [-0.1, -0.05) is 107 Å². The number of nitrogens with one attached hydrogen (secondary N) is 2. The number of nitrogens with zero attached hydrogens (tertiary/aromatic N) is 2. The number of carbonyl (C=O) groups excluding carboxylic acids is 2. The van der Waals surface area contributed by atoms with Gasteiger partial charge < -0.3 is 10.6 Å². The first-order valence-electron chi connectivity index (χ1n) is 12.7. The van der Waals surface area contributed by atoms with Crippen molar-refractivity contribution in [3.8, 4) is 32.5 Å². The Kier molecular flexibility index (Phi) is 8.12. The lowest BCUT2D eigenvalue weighted by molar-refractivity contribution is 0.101. The molecule has 4 aromatic carbocycles. The third-order valence-corrected chi connectivity index (χ3v) is 8.79. The topological polar surface area (TPSA) is 84.0 Å². The lowest BCUT2D eigenvalue weighted by Crippen LogP contribution is -2.11. The van der Waals surface area contributed by atoms with E-state index in [0.29, 0.717) is 52.6 Å². The number of rotatable bonds is 7. The smallest absolute Gasteiger partial charge is 0.256 e. The Balaban J connectivity index is 1.40. The molecule has 0 saturated heterocycles. The van der Waals surface area contributed by atoms with Crippen LogP contribution in [0.15, 0.2) is 109 Å². The molecule has 2 N–H and O–H groups in total. The van der Waals surface area contributed by atoms with Gasteiger partial charge in [0.05, 0.1) is 0 Å². The van der Waals surface area contributed by atoms with Crippen LogP contribution in [0.4, 0.5) is 10.0 Å². The van der Waals surface area contributed by atoms with Gasteiger partial charge >= 0.3 is 0 Å². The number of benzene rings is 4. The fourth-order valence-electron chi connectivity index (χ4n) is 4.13. The fraction of sp³-hybridized carbons (Fsp3) is 0. The Morgan fingerprint density at radius 3 is 1.24 bits per heavy atom. The van der Waals surface area contributed by atoms with Gasteiger partial charge in [-0.25, -0.2) is 9.97 Å². The summed E-state index contributed by atoms with van der Waals surface area (Å²) in [6.07, 6.45) is 0. The lowest BCUT2D eigenvalue weighted by atomic mass is 10.1. The van der Waals surface area contributed by atoms with Crippen LogP contribution in [0.5, 0.6) is 0 Å². The molecule has 10 heteroatoms. The minimum absolute atomic E-state index is 0.279. The van der Waals surface area contributed by atoms with Crippen molar-refractivity contribution >= 4 is 67.7 Å². The van der Waals surface area contributed by atoms with Crippen LogP contribution >= 0.6 is 45.9 Å². The van der Waals surface area contributed by atoms with Crippen molar-refractivity contribution in [3.05, 3.63) is 130 Å². The first kappa shape index (κ1) is 27.8. The van der Waals surface area contributed by atoms with E-state index < -0.39 is 0 Å². The van der Waals surface area contributed by atoms with Gasteiger partial charge in [0.15, 0.2) is 10.0 Å². The van der Waals surface area contributed by atoms with Crippen LogP contribution in [-0.2, 0) is 0 Å². The molecule has 42 heavy (non-hydrogen) atoms. The SMILES string of the molecule is O=C(Nc1sc(-c2nc(-c3ccccc3)c(NC(=O)c3ccc(Cl)cc3)s2)nc1-c1ccccc1)c1ccc(Cl)cc1. The van der Waals surface area contributed by atoms with Gasteiger partial charge in [0.2, 0.25) is 0 Å². The summed E-state index contributed by atoms with van der Waals surface area (Å²) in [7, 11) is 0. The van der Waals surface area contributed by atoms with Gasteiger partial charge in [-0.15, -0.1) is 0 Å². The highest BCUT2D eigenvalue weighted by molar-refractivity contribution is 7.25. The van der Waals surface area contributed by atoms with Gasteiger partial charge in [-0.05, 0) is 48.5 Å². The summed E-state index contributed by atoms with van der Waals surface area (Å²) in [4.78, 5) is 36.1. The van der Waals surface area contributed by atoms with Crippen molar-refractivity contribution in [1.82, 2.24) is 9.97 Å². The highest BCUT2D eigenvalue weighted by atomic mass is 35.5. The van der Waals surface area contributed by atoms with Crippen LogP contribution in [0, 0.1) is 0 Å². The van der Waals surface area contributed by atoms with Crippen LogP contribution in [0.3, 0.4) is 0 Å². The number of amides is 2. The van der Waals surface area contributed by atoms with E-state index in [-0.39, 0.29) is 11.8 Å². The summed E-state index contributed by atoms with van der Waals surface area (Å²) in [5, 5.41) is 9.51. The van der Waals surface area contributed by atoms with E-state index >= 15 is 0 Å². The molecule has 0 aliphatic rings. The number of anilines is 2. The van der Waals surface area contributed by atoms with Gasteiger partial charge in [-0.3, -0.25) is 9.59 Å². The second-order valence-electron chi connectivity index (χ2n) is 9.05. The summed E-state index contributed by atoms with van der Waals surface area (Å²) in [6, 6.07) is 32.6. The molecule has 0 spiro atoms. The van der Waals surface area contributed by atoms with E-state index in [4.69, 9.17) is 33.2 Å². The van der Waals surface area contributed by atoms with E-state index in [0.717, 1.165) is 11.1 Å². The van der Waals surface area contributed by atoms with Gasteiger partial charge in [0.1, 0.15) is 21.4 Å². The minimum Gasteiger partial charge on any atom is -0.312 e. The maximum Gasteiger partial charge on any atom is 0.256 e. The number of halogens is 2. The van der Waals surface area contributed by atoms with Gasteiger partial charge in [0.25, 0.3) is 11.8 Å². The molecule has 0 unspecified atom stereocenters. The van der Waals surface area contributed by atoms with Crippen LogP contribution in [0.1, 0.15) is 20.7 Å². The lowest BCUT2D eigenvalue weighted by Gasteiger charge is -2.05. The number of aromatic nitrogens is 2. The molecule has 0 bridgehead atoms. The zero-order chi connectivity index (χ0) is 29.1. The molecule has 6 rings (SSSR count). The molecule has 0 saturated carbocycles. The average molecular weight is 628 g/mol. The van der Waals surface area contributed by atoms with Gasteiger partial charge in [-0.2, -0.15) is 0 Å². The Bertz CT molecular complexity index is 1730. The largest absolute Gasteiger partial charge is 0.312 e. The highest BCUT2D eigenvalue weighted by Crippen LogP contribution is 2.43. The number of carbonyl (C=O) groups is 2. The molecule has 0 fully saturated rings. The van der Waals surface area contributed by atoms with E-state index in [1.807, 2.05) is 60.7 Å². The zero-order valence-electron chi connectivity index (χ0n) is 21.7. The van der Waals surface area contributed by atoms with E-state index in [9.17, 15) is 9.59 Å². The highest BCUT2D eigenvalue weighted by Gasteiger charge is 2.23. The summed E-state index contributed by atoms with van der Waals surface area (Å²) >= 11 is 14.7. The predicted octanol–water partition coefficient (Wildman–Crippen LogP) is 9.41. The van der Waals surface area contributed by atoms with Crippen molar-refractivity contribution in [3.63, 3.8) is 0 Å². The van der Waals surface area contributed by atoms with Crippen LogP contribution in [0.2, 0.25) is 10.0 Å². The van der Waals surface area contributed by atoms with Crippen molar-refractivity contribution in [2.45, 2.75) is 0 Å². The molecule has 0 aliphatic heterocycles. The van der Waals surface area contributed by atoms with Crippen molar-refractivity contribution in [2.75, 3.05) is 10.6 Å².